The summed E-state index contributed by atoms with van der Waals surface area (Å²) in [6.07, 6.45) is 0.480. The Hall–Kier alpha value is -2.79. The number of carbonyl (C=O) groups excluding carboxylic acids is 2. The quantitative estimate of drug-likeness (QED) is 0.432. The number of carbonyl (C=O) groups is 3. The van der Waals surface area contributed by atoms with Crippen molar-refractivity contribution in [1.29, 1.82) is 0 Å². The zero-order valence-electron chi connectivity index (χ0n) is 17.2. The summed E-state index contributed by atoms with van der Waals surface area (Å²) in [6, 6.07) is 1.77. The van der Waals surface area contributed by atoms with Gasteiger partial charge in [-0.2, -0.15) is 0 Å². The highest BCUT2D eigenvalue weighted by Crippen LogP contribution is 2.37. The Balaban J connectivity index is 1.61. The fourth-order valence-corrected chi connectivity index (χ4v) is 3.26. The van der Waals surface area contributed by atoms with E-state index in [2.05, 4.69) is 11.0 Å². The van der Waals surface area contributed by atoms with Crippen molar-refractivity contribution in [2.45, 2.75) is 44.8 Å². The molecule has 5 N–H and O–H groups in total. The molecule has 2 heterocycles. The topological polar surface area (TPSA) is 151 Å². The second kappa shape index (κ2) is 8.30. The first kappa shape index (κ1) is 19.5. The second-order valence-corrected chi connectivity index (χ2v) is 7.28. The van der Waals surface area contributed by atoms with Crippen molar-refractivity contribution in [3.8, 4) is 11.5 Å². The van der Waals surface area contributed by atoms with E-state index in [-0.39, 0.29) is 36.1 Å². The predicted molar refractivity (Wildman–Crippen MR) is 103 cm³/mol. The molecule has 0 saturated carbocycles. The van der Waals surface area contributed by atoms with E-state index >= 15 is 0 Å². The molecule has 1 aromatic rings. The van der Waals surface area contributed by atoms with Gasteiger partial charge in [0, 0.05) is 0 Å². The summed E-state index contributed by atoms with van der Waals surface area (Å²) in [5, 5.41) is 21.9. The average molecular weight is 406 g/mol. The number of carboxylic acids is 1. The van der Waals surface area contributed by atoms with Crippen LogP contribution in [0.3, 0.4) is 0 Å². The number of carboxylic acid groups (broad SMARTS) is 1. The number of hydrogen-bond acceptors (Lipinski definition) is 7. The Bertz CT molecular complexity index is 849. The van der Waals surface area contributed by atoms with Crippen LogP contribution in [0.5, 0.6) is 11.5 Å². The van der Waals surface area contributed by atoms with Crippen LogP contribution in [-0.2, 0) is 16.0 Å². The third kappa shape index (κ3) is 4.46. The minimum atomic E-state index is -1.23. The fraction of sp³-hybridized carbons (Fsp3) is 0.500. The van der Waals surface area contributed by atoms with E-state index < -0.39 is 37.2 Å². The van der Waals surface area contributed by atoms with Gasteiger partial charge in [-0.3, -0.25) is 9.59 Å². The first-order valence-corrected chi connectivity index (χ1v) is 9.38. The summed E-state index contributed by atoms with van der Waals surface area (Å²) in [5.41, 5.74) is 2.60. The van der Waals surface area contributed by atoms with E-state index in [9.17, 15) is 24.5 Å². The maximum atomic E-state index is 12.4. The van der Waals surface area contributed by atoms with Crippen LogP contribution in [0, 0.1) is 0 Å². The lowest BCUT2D eigenvalue weighted by Gasteiger charge is -2.40. The maximum absolute atomic E-state index is 12.4. The molecule has 10 nitrogen and oxygen atoms in total. The zero-order chi connectivity index (χ0) is 22.0. The molecule has 0 radical (unpaired) electrons. The molecule has 2 aliphatic rings. The van der Waals surface area contributed by atoms with Gasteiger partial charge in [-0.1, -0.05) is 6.07 Å². The Morgan fingerprint density at radius 2 is 2.14 bits per heavy atom. The molecule has 29 heavy (non-hydrogen) atoms. The summed E-state index contributed by atoms with van der Waals surface area (Å²) in [6.45, 7) is 3.55. The number of amides is 2. The predicted octanol–water partition coefficient (Wildman–Crippen LogP) is -0.758. The largest absolute Gasteiger partial charge is 0.535 e. The molecule has 2 atom stereocenters. The SMILES string of the molecule is [2H]N[C@H](C)C(=O)N[C@@H](C)C(=O)N1CC(Oc2ccc3c(c2C(=O)O)OB(O)CC3)C1. The molecule has 2 amide bonds. The Morgan fingerprint density at radius 3 is 2.79 bits per heavy atom. The Kier molecular flexibility index (Phi) is 5.59. The molecule has 0 bridgehead atoms. The van der Waals surface area contributed by atoms with Gasteiger partial charge in [-0.25, -0.2) is 4.79 Å². The number of fused-ring (bicyclic) bond motifs is 1. The van der Waals surface area contributed by atoms with E-state index in [1.165, 1.54) is 11.8 Å². The van der Waals surface area contributed by atoms with E-state index in [0.717, 1.165) is 0 Å². The monoisotopic (exact) mass is 406 g/mol. The van der Waals surface area contributed by atoms with E-state index in [1.54, 1.807) is 19.1 Å². The molecular weight excluding hydrogens is 381 g/mol. The molecule has 156 valence electrons. The minimum absolute atomic E-state index is 0.111. The Labute approximate surface area is 169 Å². The van der Waals surface area contributed by atoms with Gasteiger partial charge < -0.3 is 35.5 Å². The number of hydrogen-bond donors (Lipinski definition) is 4. The number of aromatic carboxylic acids is 1. The number of nitrogens with two attached hydrogens (primary N) is 1. The Morgan fingerprint density at radius 1 is 1.41 bits per heavy atom. The van der Waals surface area contributed by atoms with Gasteiger partial charge in [-0.05, 0) is 38.2 Å². The van der Waals surface area contributed by atoms with Gasteiger partial charge in [0.25, 0.3) is 0 Å². The number of benzene rings is 1. The summed E-state index contributed by atoms with van der Waals surface area (Å²) in [7, 11) is -1.06. The van der Waals surface area contributed by atoms with Crippen LogP contribution >= 0.6 is 0 Å². The molecule has 3 rings (SSSR count). The summed E-state index contributed by atoms with van der Waals surface area (Å²) in [4.78, 5) is 37.5. The lowest BCUT2D eigenvalue weighted by Crippen LogP contribution is -2.61. The van der Waals surface area contributed by atoms with Gasteiger partial charge >= 0.3 is 13.1 Å². The van der Waals surface area contributed by atoms with Gasteiger partial charge in [-0.15, -0.1) is 0 Å². The number of ether oxygens (including phenoxy) is 1. The van der Waals surface area contributed by atoms with Crippen LogP contribution in [0.25, 0.3) is 0 Å². The summed E-state index contributed by atoms with van der Waals surface area (Å²) >= 11 is 0. The molecule has 2 aliphatic heterocycles. The third-order valence-corrected chi connectivity index (χ3v) is 4.91. The van der Waals surface area contributed by atoms with Crippen molar-refractivity contribution in [2.75, 3.05) is 13.1 Å². The van der Waals surface area contributed by atoms with E-state index in [0.29, 0.717) is 18.3 Å². The van der Waals surface area contributed by atoms with Crippen LogP contribution in [0.4, 0.5) is 0 Å². The number of aryl methyl sites for hydroxylation is 1. The molecule has 0 unspecified atom stereocenters. The van der Waals surface area contributed by atoms with Crippen LogP contribution < -0.4 is 20.4 Å². The highest BCUT2D eigenvalue weighted by molar-refractivity contribution is 6.44. The normalized spacial score (nSPS) is 18.5. The standard InChI is InChI=1S/C18H24BN3O7/c1-9(20)16(23)21-10(2)17(24)22-7-12(8-22)28-13-4-3-11-5-6-19(27)29-15(11)14(13)18(25)26/h3-4,9-10,12,27H,5-8,20H2,1-2H3,(H,21,23)(H,25,26)/t9-,10+/m1/s1/i/hD. The number of nitrogens with one attached hydrogen (secondary N) is 1. The van der Waals surface area contributed by atoms with Crippen molar-refractivity contribution in [3.63, 3.8) is 0 Å². The first-order chi connectivity index (χ1) is 14.2. The van der Waals surface area contributed by atoms with Gasteiger partial charge in [0.1, 0.15) is 30.6 Å². The van der Waals surface area contributed by atoms with Crippen molar-refractivity contribution >= 4 is 24.9 Å². The highest BCUT2D eigenvalue weighted by atomic mass is 16.5. The smallest absolute Gasteiger partial charge is 0.522 e. The molecule has 0 spiro atoms. The molecule has 11 heteroatoms. The number of rotatable bonds is 7. The van der Waals surface area contributed by atoms with E-state index in [4.69, 9.17) is 10.8 Å². The molecule has 1 fully saturated rings. The van der Waals surface area contributed by atoms with Gasteiger partial charge in [0.15, 0.2) is 0 Å². The number of likely N-dealkylation sites (tertiary alicyclic amines) is 1. The number of nitrogens with zero attached hydrogens (tertiary/aromatic N) is 1. The zero-order valence-corrected chi connectivity index (χ0v) is 16.2. The van der Waals surface area contributed by atoms with Crippen molar-refractivity contribution in [3.05, 3.63) is 23.3 Å². The highest BCUT2D eigenvalue weighted by Gasteiger charge is 2.37. The summed E-state index contributed by atoms with van der Waals surface area (Å²) < 4.78 is 18.1. The molecular formula is C18H24BN3O7. The molecule has 0 aromatic heterocycles. The van der Waals surface area contributed by atoms with Crippen molar-refractivity contribution in [2.24, 2.45) is 5.73 Å². The lowest BCUT2D eigenvalue weighted by atomic mass is 9.78. The van der Waals surface area contributed by atoms with Gasteiger partial charge in [0.05, 0.1) is 19.1 Å². The second-order valence-electron chi connectivity index (χ2n) is 7.28. The third-order valence-electron chi connectivity index (χ3n) is 4.91. The van der Waals surface area contributed by atoms with Crippen molar-refractivity contribution in [1.82, 2.24) is 10.2 Å². The van der Waals surface area contributed by atoms with Gasteiger partial charge in [0.2, 0.25) is 11.8 Å². The molecule has 0 aliphatic carbocycles. The minimum Gasteiger partial charge on any atom is -0.535 e. The molecule has 1 saturated heterocycles. The van der Waals surface area contributed by atoms with Crippen LogP contribution in [-0.4, -0.2) is 71.2 Å². The molecule has 1 aromatic carbocycles. The fourth-order valence-electron chi connectivity index (χ4n) is 3.26. The van der Waals surface area contributed by atoms with Crippen molar-refractivity contribution < 1.29 is 35.3 Å². The first-order valence-electron chi connectivity index (χ1n) is 9.88. The maximum Gasteiger partial charge on any atom is 0.522 e. The summed E-state index contributed by atoms with van der Waals surface area (Å²) in [5.74, 6) is -1.75. The van der Waals surface area contributed by atoms with Crippen LogP contribution in [0.15, 0.2) is 12.1 Å². The van der Waals surface area contributed by atoms with Crippen LogP contribution in [0.1, 0.15) is 29.8 Å². The van der Waals surface area contributed by atoms with Crippen LogP contribution in [0.2, 0.25) is 7.73 Å². The lowest BCUT2D eigenvalue weighted by molar-refractivity contribution is -0.143. The van der Waals surface area contributed by atoms with E-state index in [1.807, 2.05) is 0 Å². The average Bonchev–Trinajstić information content (AvgIpc) is 2.68.